The second kappa shape index (κ2) is 4.11. The van der Waals surface area contributed by atoms with Crippen LogP contribution in [0.15, 0.2) is 5.16 Å². The van der Waals surface area contributed by atoms with E-state index in [1.54, 1.807) is 6.92 Å². The summed E-state index contributed by atoms with van der Waals surface area (Å²) in [6, 6.07) is 0. The Balaban J connectivity index is 3.20. The van der Waals surface area contributed by atoms with Crippen LogP contribution < -0.4 is 0 Å². The molecule has 0 aliphatic carbocycles. The number of hydrogen-bond acceptors (Lipinski definition) is 3. The summed E-state index contributed by atoms with van der Waals surface area (Å²) >= 11 is 0. The molecule has 0 fully saturated rings. The topological polar surface area (TPSA) is 58.9 Å². The van der Waals surface area contributed by atoms with Crippen molar-refractivity contribution in [3.05, 3.63) is 0 Å². The van der Waals surface area contributed by atoms with Gasteiger partial charge in [0.2, 0.25) is 0 Å². The zero-order valence-corrected chi connectivity index (χ0v) is 4.50. The smallest absolute Gasteiger partial charge is 0.350 e. The van der Waals surface area contributed by atoms with Crippen LogP contribution in [0.2, 0.25) is 0 Å². The molecular weight excluding hydrogens is 110 g/mol. The summed E-state index contributed by atoms with van der Waals surface area (Å²) < 4.78 is 0. The van der Waals surface area contributed by atoms with Crippen molar-refractivity contribution >= 4 is 12.2 Å². The minimum absolute atomic E-state index is 0.393. The van der Waals surface area contributed by atoms with Gasteiger partial charge < -0.3 is 9.94 Å². The molecule has 0 heterocycles. The lowest BCUT2D eigenvalue weighted by molar-refractivity contribution is -0.129. The Hall–Kier alpha value is -1.06. The molecule has 0 amide bonds. The molecule has 4 heteroatoms. The highest BCUT2D eigenvalue weighted by Gasteiger charge is 1.83. The van der Waals surface area contributed by atoms with Gasteiger partial charge in [-0.2, -0.15) is 0 Å². The molecule has 0 aromatic heterocycles. The molecule has 0 saturated carbocycles. The standard InChI is InChI=1S/C4H7NO3/c1-2-8-5-3-4(6)7/h3H,2H2,1H3,(H,6,7)/b5-3-. The molecule has 8 heavy (non-hydrogen) atoms. The number of oxime groups is 1. The van der Waals surface area contributed by atoms with Crippen molar-refractivity contribution in [3.8, 4) is 0 Å². The van der Waals surface area contributed by atoms with Crippen molar-refractivity contribution in [3.63, 3.8) is 0 Å². The molecule has 0 aromatic rings. The molecule has 0 atom stereocenters. The molecular formula is C4H7NO3. The van der Waals surface area contributed by atoms with Gasteiger partial charge in [0.15, 0.2) is 6.21 Å². The number of carboxylic acid groups (broad SMARTS) is 1. The first kappa shape index (κ1) is 6.94. The molecule has 0 aliphatic rings. The minimum Gasteiger partial charge on any atom is -0.477 e. The van der Waals surface area contributed by atoms with Crippen molar-refractivity contribution < 1.29 is 14.7 Å². The van der Waals surface area contributed by atoms with Crippen LogP contribution >= 0.6 is 0 Å². The summed E-state index contributed by atoms with van der Waals surface area (Å²) in [6.07, 6.45) is 0.698. The van der Waals surface area contributed by atoms with E-state index in [0.29, 0.717) is 12.8 Å². The van der Waals surface area contributed by atoms with Gasteiger partial charge in [0.1, 0.15) is 6.61 Å². The van der Waals surface area contributed by atoms with Crippen LogP contribution in [0.1, 0.15) is 6.92 Å². The van der Waals surface area contributed by atoms with Crippen LogP contribution in [0.5, 0.6) is 0 Å². The zero-order chi connectivity index (χ0) is 6.41. The van der Waals surface area contributed by atoms with E-state index in [9.17, 15) is 4.79 Å². The molecule has 0 aliphatic heterocycles. The Morgan fingerprint density at radius 2 is 2.62 bits per heavy atom. The second-order valence-electron chi connectivity index (χ2n) is 0.991. The number of nitrogens with zero attached hydrogens (tertiary/aromatic N) is 1. The molecule has 4 nitrogen and oxygen atoms in total. The van der Waals surface area contributed by atoms with Gasteiger partial charge >= 0.3 is 5.97 Å². The predicted molar refractivity (Wildman–Crippen MR) is 27.8 cm³/mol. The summed E-state index contributed by atoms with van der Waals surface area (Å²) in [4.78, 5) is 14.0. The van der Waals surface area contributed by atoms with Crippen LogP contribution in [-0.2, 0) is 9.63 Å². The van der Waals surface area contributed by atoms with Crippen molar-refractivity contribution in [1.29, 1.82) is 0 Å². The molecule has 1 N–H and O–H groups in total. The summed E-state index contributed by atoms with van der Waals surface area (Å²) in [7, 11) is 0. The third-order valence-electron chi connectivity index (χ3n) is 0.367. The van der Waals surface area contributed by atoms with Gasteiger partial charge in [-0.05, 0) is 6.92 Å². The monoisotopic (exact) mass is 117 g/mol. The van der Waals surface area contributed by atoms with E-state index in [-0.39, 0.29) is 0 Å². The van der Waals surface area contributed by atoms with Gasteiger partial charge in [-0.1, -0.05) is 5.16 Å². The molecule has 0 rings (SSSR count). The largest absolute Gasteiger partial charge is 0.477 e. The highest BCUT2D eigenvalue weighted by atomic mass is 16.6. The van der Waals surface area contributed by atoms with Crippen molar-refractivity contribution in [2.75, 3.05) is 6.61 Å². The highest BCUT2D eigenvalue weighted by molar-refractivity contribution is 6.21. The second-order valence-corrected chi connectivity index (χ2v) is 0.991. The summed E-state index contributed by atoms with van der Waals surface area (Å²) in [5.41, 5.74) is 0. The lowest BCUT2D eigenvalue weighted by Gasteiger charge is -1.85. The van der Waals surface area contributed by atoms with E-state index in [1.807, 2.05) is 0 Å². The van der Waals surface area contributed by atoms with E-state index in [2.05, 4.69) is 9.99 Å². The fourth-order valence-corrected chi connectivity index (χ4v) is 0.157. The lowest BCUT2D eigenvalue weighted by atomic mass is 10.8. The van der Waals surface area contributed by atoms with Crippen LogP contribution in [0, 0.1) is 0 Å². The summed E-state index contributed by atoms with van der Waals surface area (Å²) in [5, 5.41) is 11.0. The molecule has 0 unspecified atom stereocenters. The maximum Gasteiger partial charge on any atom is 0.350 e. The Bertz CT molecular complexity index is 99.5. The van der Waals surface area contributed by atoms with Gasteiger partial charge in [-0.25, -0.2) is 4.79 Å². The molecule has 0 radical (unpaired) electrons. The van der Waals surface area contributed by atoms with E-state index in [1.165, 1.54) is 0 Å². The number of aliphatic carboxylic acids is 1. The number of carbonyl (C=O) groups is 1. The minimum atomic E-state index is -1.10. The van der Waals surface area contributed by atoms with Gasteiger partial charge in [0.25, 0.3) is 0 Å². The maximum atomic E-state index is 9.64. The Labute approximate surface area is 46.8 Å². The van der Waals surface area contributed by atoms with E-state index in [4.69, 9.17) is 5.11 Å². The van der Waals surface area contributed by atoms with E-state index < -0.39 is 5.97 Å². The SMILES string of the molecule is CCO/N=C\C(=O)O. The average molecular weight is 117 g/mol. The average Bonchev–Trinajstić information content (AvgIpc) is 1.66. The van der Waals surface area contributed by atoms with Crippen molar-refractivity contribution in [2.45, 2.75) is 6.92 Å². The fraction of sp³-hybridized carbons (Fsp3) is 0.500. The first-order chi connectivity index (χ1) is 3.77. The number of carboxylic acids is 1. The van der Waals surface area contributed by atoms with Gasteiger partial charge in [0.05, 0.1) is 0 Å². The van der Waals surface area contributed by atoms with Crippen molar-refractivity contribution in [1.82, 2.24) is 0 Å². The van der Waals surface area contributed by atoms with E-state index >= 15 is 0 Å². The zero-order valence-electron chi connectivity index (χ0n) is 4.50. The summed E-state index contributed by atoms with van der Waals surface area (Å²) in [5.74, 6) is -1.10. The van der Waals surface area contributed by atoms with Crippen LogP contribution in [0.3, 0.4) is 0 Å². The highest BCUT2D eigenvalue weighted by Crippen LogP contribution is 1.69. The Morgan fingerprint density at radius 1 is 2.00 bits per heavy atom. The molecule has 0 bridgehead atoms. The molecule has 0 spiro atoms. The quantitative estimate of drug-likeness (QED) is 0.421. The maximum absolute atomic E-state index is 9.64. The number of rotatable bonds is 3. The number of hydrogen-bond donors (Lipinski definition) is 1. The van der Waals surface area contributed by atoms with Gasteiger partial charge in [-0.3, -0.25) is 0 Å². The molecule has 46 valence electrons. The summed E-state index contributed by atoms with van der Waals surface area (Å²) in [6.45, 7) is 2.11. The normalized spacial score (nSPS) is 9.62. The molecule has 0 aromatic carbocycles. The van der Waals surface area contributed by atoms with Gasteiger partial charge in [-0.15, -0.1) is 0 Å². The van der Waals surface area contributed by atoms with Gasteiger partial charge in [0, 0.05) is 0 Å². The predicted octanol–water partition coefficient (Wildman–Crippen LogP) is 0.0933. The van der Waals surface area contributed by atoms with Crippen molar-refractivity contribution in [2.24, 2.45) is 5.16 Å². The third kappa shape index (κ3) is 4.94. The first-order valence-electron chi connectivity index (χ1n) is 2.15. The third-order valence-corrected chi connectivity index (χ3v) is 0.367. The van der Waals surface area contributed by atoms with E-state index in [0.717, 1.165) is 0 Å². The molecule has 0 saturated heterocycles. The fourth-order valence-electron chi connectivity index (χ4n) is 0.157. The van der Waals surface area contributed by atoms with Crippen LogP contribution in [-0.4, -0.2) is 23.9 Å². The van der Waals surface area contributed by atoms with Crippen LogP contribution in [0.25, 0.3) is 0 Å². The Morgan fingerprint density at radius 3 is 3.00 bits per heavy atom. The van der Waals surface area contributed by atoms with Crippen LogP contribution in [0.4, 0.5) is 0 Å². The first-order valence-corrected chi connectivity index (χ1v) is 2.15. The lowest BCUT2D eigenvalue weighted by Crippen LogP contribution is -1.95. The Kier molecular flexibility index (Phi) is 3.56.